The minimum atomic E-state index is -0.870. The largest absolute Gasteiger partial charge is 0.481 e. The Morgan fingerprint density at radius 2 is 1.63 bits per heavy atom. The lowest BCUT2D eigenvalue weighted by atomic mass is 9.82. The lowest BCUT2D eigenvalue weighted by Crippen LogP contribution is -2.45. The number of nitrogens with one attached hydrogen (secondary N) is 2. The summed E-state index contributed by atoms with van der Waals surface area (Å²) in [5.74, 6) is -0.927. The normalized spacial score (nSPS) is 19.8. The molecular formula is C28H34N2O5. The Hall–Kier alpha value is -3.35. The van der Waals surface area contributed by atoms with Gasteiger partial charge < -0.3 is 20.5 Å². The fourth-order valence-corrected chi connectivity index (χ4v) is 5.42. The Bertz CT molecular complexity index is 1020. The molecule has 0 spiro atoms. The SMILES string of the molecule is CC(CCC(=O)O)NC(=O)C[C@H]1CCCC[C@H]1NC(=O)OCC1c2ccccc2-c2ccccc21. The number of fused-ring (bicyclic) bond motifs is 3. The van der Waals surface area contributed by atoms with E-state index < -0.39 is 12.1 Å². The second kappa shape index (κ2) is 11.4. The number of aliphatic carboxylic acids is 1. The Kier molecular flexibility index (Phi) is 8.06. The molecule has 4 rings (SSSR count). The van der Waals surface area contributed by atoms with Gasteiger partial charge in [-0.2, -0.15) is 0 Å². The molecule has 7 nitrogen and oxygen atoms in total. The molecule has 3 N–H and O–H groups in total. The highest BCUT2D eigenvalue weighted by molar-refractivity contribution is 5.79. The van der Waals surface area contributed by atoms with E-state index >= 15 is 0 Å². The van der Waals surface area contributed by atoms with Crippen LogP contribution in [0, 0.1) is 5.92 Å². The van der Waals surface area contributed by atoms with Crippen LogP contribution in [0.15, 0.2) is 48.5 Å². The minimum Gasteiger partial charge on any atom is -0.481 e. The van der Waals surface area contributed by atoms with Gasteiger partial charge in [0.2, 0.25) is 5.91 Å². The van der Waals surface area contributed by atoms with Crippen LogP contribution in [-0.4, -0.2) is 41.8 Å². The summed E-state index contributed by atoms with van der Waals surface area (Å²) >= 11 is 0. The molecule has 2 amide bonds. The lowest BCUT2D eigenvalue weighted by Gasteiger charge is -2.32. The molecule has 2 aliphatic rings. The first-order chi connectivity index (χ1) is 16.9. The summed E-state index contributed by atoms with van der Waals surface area (Å²) in [6.45, 7) is 2.08. The molecule has 7 heteroatoms. The first-order valence-corrected chi connectivity index (χ1v) is 12.5. The minimum absolute atomic E-state index is 0.00775. The van der Waals surface area contributed by atoms with Gasteiger partial charge in [-0.3, -0.25) is 9.59 Å². The number of benzene rings is 2. The highest BCUT2D eigenvalue weighted by Crippen LogP contribution is 2.44. The van der Waals surface area contributed by atoms with Crippen LogP contribution in [0.4, 0.5) is 4.79 Å². The Morgan fingerprint density at radius 1 is 1.00 bits per heavy atom. The van der Waals surface area contributed by atoms with E-state index in [2.05, 4.69) is 34.9 Å². The van der Waals surface area contributed by atoms with E-state index in [1.807, 2.05) is 31.2 Å². The van der Waals surface area contributed by atoms with Crippen molar-refractivity contribution in [1.29, 1.82) is 0 Å². The van der Waals surface area contributed by atoms with Gasteiger partial charge >= 0.3 is 12.1 Å². The van der Waals surface area contributed by atoms with Crippen LogP contribution >= 0.6 is 0 Å². The molecule has 1 fully saturated rings. The third-order valence-corrected chi connectivity index (χ3v) is 7.20. The second-order valence-electron chi connectivity index (χ2n) is 9.73. The summed E-state index contributed by atoms with van der Waals surface area (Å²) < 4.78 is 5.71. The predicted molar refractivity (Wildman–Crippen MR) is 133 cm³/mol. The Balaban J connectivity index is 1.31. The molecule has 0 saturated heterocycles. The van der Waals surface area contributed by atoms with E-state index in [0.29, 0.717) is 12.8 Å². The van der Waals surface area contributed by atoms with Crippen molar-refractivity contribution in [2.45, 2.75) is 69.9 Å². The second-order valence-corrected chi connectivity index (χ2v) is 9.73. The molecule has 0 heterocycles. The molecule has 0 aliphatic heterocycles. The number of hydrogen-bond acceptors (Lipinski definition) is 4. The summed E-state index contributed by atoms with van der Waals surface area (Å²) in [7, 11) is 0. The maximum absolute atomic E-state index is 12.8. The van der Waals surface area contributed by atoms with Gasteiger partial charge in [-0.05, 0) is 54.4 Å². The Labute approximate surface area is 206 Å². The highest BCUT2D eigenvalue weighted by atomic mass is 16.5. The number of carboxylic acid groups (broad SMARTS) is 1. The van der Waals surface area contributed by atoms with E-state index in [4.69, 9.17) is 9.84 Å². The van der Waals surface area contributed by atoms with E-state index in [1.54, 1.807) is 0 Å². The molecule has 1 saturated carbocycles. The van der Waals surface area contributed by atoms with E-state index in [1.165, 1.54) is 22.3 Å². The summed E-state index contributed by atoms with van der Waals surface area (Å²) in [6, 6.07) is 16.2. The number of hydrogen-bond donors (Lipinski definition) is 3. The monoisotopic (exact) mass is 478 g/mol. The zero-order valence-electron chi connectivity index (χ0n) is 20.2. The van der Waals surface area contributed by atoms with Crippen molar-refractivity contribution in [3.63, 3.8) is 0 Å². The van der Waals surface area contributed by atoms with Crippen molar-refractivity contribution in [1.82, 2.24) is 10.6 Å². The predicted octanol–water partition coefficient (Wildman–Crippen LogP) is 4.84. The molecule has 0 radical (unpaired) electrons. The van der Waals surface area contributed by atoms with Gasteiger partial charge in [0.15, 0.2) is 0 Å². The quantitative estimate of drug-likeness (QED) is 0.478. The van der Waals surface area contributed by atoms with Crippen molar-refractivity contribution in [3.05, 3.63) is 59.7 Å². The zero-order valence-corrected chi connectivity index (χ0v) is 20.2. The molecule has 0 aromatic heterocycles. The van der Waals surface area contributed by atoms with Crippen molar-refractivity contribution in [3.8, 4) is 11.1 Å². The number of carboxylic acids is 1. The van der Waals surface area contributed by atoms with Crippen molar-refractivity contribution in [2.24, 2.45) is 5.92 Å². The van der Waals surface area contributed by atoms with Crippen LogP contribution in [0.5, 0.6) is 0 Å². The maximum atomic E-state index is 12.8. The van der Waals surface area contributed by atoms with Gasteiger partial charge in [-0.1, -0.05) is 61.4 Å². The standard InChI is InChI=1S/C28H34N2O5/c1-18(14-15-27(32)33)29-26(31)16-19-8-2-7-13-25(19)30-28(34)35-17-24-22-11-5-3-9-20(22)21-10-4-6-12-23(21)24/h3-6,9-12,18-19,24-25H,2,7-8,13-17H2,1H3,(H,29,31)(H,30,34)(H,32,33)/t18?,19-,25-/m1/s1. The molecule has 1 unspecified atom stereocenters. The number of carbonyl (C=O) groups is 3. The number of rotatable bonds is 9. The molecule has 3 atom stereocenters. The van der Waals surface area contributed by atoms with Crippen LogP contribution in [-0.2, 0) is 14.3 Å². The average Bonchev–Trinajstić information content (AvgIpc) is 3.16. The van der Waals surface area contributed by atoms with E-state index in [-0.39, 0.29) is 42.9 Å². The third kappa shape index (κ3) is 6.21. The van der Waals surface area contributed by atoms with Crippen LogP contribution in [0.25, 0.3) is 11.1 Å². The van der Waals surface area contributed by atoms with Crippen LogP contribution in [0.1, 0.15) is 68.9 Å². The molecule has 2 aromatic rings. The summed E-state index contributed by atoms with van der Waals surface area (Å²) in [5.41, 5.74) is 4.72. The first-order valence-electron chi connectivity index (χ1n) is 12.5. The van der Waals surface area contributed by atoms with Gasteiger partial charge in [0, 0.05) is 30.8 Å². The molecule has 0 bridgehead atoms. The topological polar surface area (TPSA) is 105 Å². The molecule has 186 valence electrons. The maximum Gasteiger partial charge on any atom is 0.407 e. The molecule has 35 heavy (non-hydrogen) atoms. The van der Waals surface area contributed by atoms with Crippen molar-refractivity contribution >= 4 is 18.0 Å². The third-order valence-electron chi connectivity index (χ3n) is 7.20. The van der Waals surface area contributed by atoms with Crippen molar-refractivity contribution < 1.29 is 24.2 Å². The molecule has 2 aliphatic carbocycles. The zero-order chi connectivity index (χ0) is 24.8. The average molecular weight is 479 g/mol. The van der Waals surface area contributed by atoms with Gasteiger partial charge in [0.05, 0.1) is 0 Å². The summed E-state index contributed by atoms with van der Waals surface area (Å²) in [5, 5.41) is 14.7. The highest BCUT2D eigenvalue weighted by Gasteiger charge is 2.31. The van der Waals surface area contributed by atoms with Crippen molar-refractivity contribution in [2.75, 3.05) is 6.61 Å². The van der Waals surface area contributed by atoms with Crippen LogP contribution in [0.3, 0.4) is 0 Å². The summed E-state index contributed by atoms with van der Waals surface area (Å²) in [4.78, 5) is 36.0. The van der Waals surface area contributed by atoms with Gasteiger partial charge in [-0.25, -0.2) is 4.79 Å². The summed E-state index contributed by atoms with van der Waals surface area (Å²) in [6.07, 6.45) is 3.99. The first kappa shape index (κ1) is 24.8. The van der Waals surface area contributed by atoms with E-state index in [0.717, 1.165) is 25.7 Å². The number of alkyl carbamates (subject to hydrolysis) is 1. The number of amides is 2. The number of carbonyl (C=O) groups excluding carboxylic acids is 2. The van der Waals surface area contributed by atoms with Crippen LogP contribution < -0.4 is 10.6 Å². The molecule has 2 aromatic carbocycles. The fraction of sp³-hybridized carbons (Fsp3) is 0.464. The van der Waals surface area contributed by atoms with E-state index in [9.17, 15) is 14.4 Å². The van der Waals surface area contributed by atoms with Gasteiger partial charge in [-0.15, -0.1) is 0 Å². The number of ether oxygens (including phenoxy) is 1. The smallest absolute Gasteiger partial charge is 0.407 e. The lowest BCUT2D eigenvalue weighted by molar-refractivity contribution is -0.137. The van der Waals surface area contributed by atoms with Gasteiger partial charge in [0.1, 0.15) is 6.61 Å². The molecular weight excluding hydrogens is 444 g/mol. The van der Waals surface area contributed by atoms with Gasteiger partial charge in [0.25, 0.3) is 0 Å². The fourth-order valence-electron chi connectivity index (χ4n) is 5.42. The Morgan fingerprint density at radius 3 is 2.29 bits per heavy atom. The van der Waals surface area contributed by atoms with Crippen LogP contribution in [0.2, 0.25) is 0 Å².